The molecule has 0 radical (unpaired) electrons. The second kappa shape index (κ2) is 7.38. The average molecular weight is 291 g/mol. The molecule has 114 valence electrons. The van der Waals surface area contributed by atoms with Crippen LogP contribution in [-0.4, -0.2) is 17.8 Å². The molecule has 0 spiro atoms. The summed E-state index contributed by atoms with van der Waals surface area (Å²) >= 11 is 0. The van der Waals surface area contributed by atoms with Gasteiger partial charge in [-0.1, -0.05) is 13.8 Å². The maximum absolute atomic E-state index is 12.9. The van der Waals surface area contributed by atoms with E-state index < -0.39 is 0 Å². The highest BCUT2D eigenvalue weighted by Crippen LogP contribution is 2.22. The summed E-state index contributed by atoms with van der Waals surface area (Å²) in [6.45, 7) is 5.04. The largest absolute Gasteiger partial charge is 0.460 e. The van der Waals surface area contributed by atoms with Gasteiger partial charge >= 0.3 is 0 Å². The second-order valence-electron chi connectivity index (χ2n) is 5.52. The van der Waals surface area contributed by atoms with Crippen LogP contribution >= 0.6 is 0 Å². The van der Waals surface area contributed by atoms with Crippen LogP contribution in [0.1, 0.15) is 26.0 Å². The standard InChI is InChI=1S/C17H22FNO2/c1-12(2)16(9-10-20)19-11-15-7-8-17(21-15)13-3-5-14(18)6-4-13/h3-8,12,16,19-20H,9-11H2,1-2H3. The first kappa shape index (κ1) is 15.7. The first-order valence-electron chi connectivity index (χ1n) is 7.29. The van der Waals surface area contributed by atoms with Crippen LogP contribution < -0.4 is 5.32 Å². The van der Waals surface area contributed by atoms with Crippen molar-refractivity contribution < 1.29 is 13.9 Å². The molecule has 1 atom stereocenters. The number of benzene rings is 1. The number of hydrogen-bond donors (Lipinski definition) is 2. The van der Waals surface area contributed by atoms with Gasteiger partial charge in [-0.25, -0.2) is 4.39 Å². The van der Waals surface area contributed by atoms with Crippen molar-refractivity contribution in [1.82, 2.24) is 5.32 Å². The molecule has 1 heterocycles. The Hall–Kier alpha value is -1.65. The summed E-state index contributed by atoms with van der Waals surface area (Å²) in [4.78, 5) is 0. The monoisotopic (exact) mass is 291 g/mol. The van der Waals surface area contributed by atoms with Crippen LogP contribution in [0.5, 0.6) is 0 Å². The number of aliphatic hydroxyl groups is 1. The molecule has 2 aromatic rings. The van der Waals surface area contributed by atoms with Crippen LogP contribution in [0.25, 0.3) is 11.3 Å². The van der Waals surface area contributed by atoms with E-state index in [1.807, 2.05) is 12.1 Å². The number of aliphatic hydroxyl groups excluding tert-OH is 1. The first-order valence-corrected chi connectivity index (χ1v) is 7.29. The van der Waals surface area contributed by atoms with E-state index in [0.717, 1.165) is 23.5 Å². The molecular formula is C17H22FNO2. The van der Waals surface area contributed by atoms with E-state index in [1.165, 1.54) is 12.1 Å². The minimum Gasteiger partial charge on any atom is -0.460 e. The fourth-order valence-electron chi connectivity index (χ4n) is 2.28. The molecule has 4 heteroatoms. The Kier molecular flexibility index (Phi) is 5.53. The third kappa shape index (κ3) is 4.41. The molecule has 0 aliphatic heterocycles. The number of furan rings is 1. The smallest absolute Gasteiger partial charge is 0.134 e. The van der Waals surface area contributed by atoms with E-state index in [4.69, 9.17) is 9.52 Å². The van der Waals surface area contributed by atoms with Gasteiger partial charge in [0.15, 0.2) is 0 Å². The molecule has 2 N–H and O–H groups in total. The van der Waals surface area contributed by atoms with E-state index in [0.29, 0.717) is 12.5 Å². The normalized spacial score (nSPS) is 12.8. The Morgan fingerprint density at radius 1 is 1.14 bits per heavy atom. The second-order valence-corrected chi connectivity index (χ2v) is 5.52. The summed E-state index contributed by atoms with van der Waals surface area (Å²) in [6, 6.07) is 10.3. The molecule has 2 rings (SSSR count). The molecule has 3 nitrogen and oxygen atoms in total. The number of nitrogens with one attached hydrogen (secondary N) is 1. The average Bonchev–Trinajstić information content (AvgIpc) is 2.92. The van der Waals surface area contributed by atoms with Gasteiger partial charge in [0.1, 0.15) is 17.3 Å². The van der Waals surface area contributed by atoms with Crippen molar-refractivity contribution in [3.05, 3.63) is 48.0 Å². The van der Waals surface area contributed by atoms with Gasteiger partial charge in [0.05, 0.1) is 6.54 Å². The minimum atomic E-state index is -0.254. The van der Waals surface area contributed by atoms with Gasteiger partial charge in [0.25, 0.3) is 0 Å². The van der Waals surface area contributed by atoms with E-state index in [-0.39, 0.29) is 18.5 Å². The molecular weight excluding hydrogens is 269 g/mol. The van der Waals surface area contributed by atoms with Crippen molar-refractivity contribution in [2.75, 3.05) is 6.61 Å². The molecule has 0 aliphatic rings. The van der Waals surface area contributed by atoms with Gasteiger partial charge < -0.3 is 14.8 Å². The van der Waals surface area contributed by atoms with Gasteiger partial charge in [0, 0.05) is 18.2 Å². The van der Waals surface area contributed by atoms with Gasteiger partial charge in [-0.05, 0) is 48.7 Å². The quantitative estimate of drug-likeness (QED) is 0.819. The zero-order valence-corrected chi connectivity index (χ0v) is 12.5. The maximum atomic E-state index is 12.9. The lowest BCUT2D eigenvalue weighted by Crippen LogP contribution is -2.34. The van der Waals surface area contributed by atoms with Crippen molar-refractivity contribution in [1.29, 1.82) is 0 Å². The maximum Gasteiger partial charge on any atom is 0.134 e. The van der Waals surface area contributed by atoms with Crippen molar-refractivity contribution in [3.63, 3.8) is 0 Å². The van der Waals surface area contributed by atoms with E-state index in [9.17, 15) is 4.39 Å². The highest BCUT2D eigenvalue weighted by Gasteiger charge is 2.13. The fraction of sp³-hybridized carbons (Fsp3) is 0.412. The summed E-state index contributed by atoms with van der Waals surface area (Å²) in [5.74, 6) is 1.76. The van der Waals surface area contributed by atoms with Crippen molar-refractivity contribution in [2.24, 2.45) is 5.92 Å². The molecule has 0 saturated heterocycles. The third-order valence-corrected chi connectivity index (χ3v) is 3.57. The highest BCUT2D eigenvalue weighted by molar-refractivity contribution is 5.57. The lowest BCUT2D eigenvalue weighted by atomic mass is 10.0. The van der Waals surface area contributed by atoms with Crippen LogP contribution in [0.15, 0.2) is 40.8 Å². The van der Waals surface area contributed by atoms with Gasteiger partial charge in [-0.15, -0.1) is 0 Å². The SMILES string of the molecule is CC(C)C(CCO)NCc1ccc(-c2ccc(F)cc2)o1. The van der Waals surface area contributed by atoms with Gasteiger partial charge in [-0.2, -0.15) is 0 Å². The summed E-state index contributed by atoms with van der Waals surface area (Å²) in [5, 5.41) is 12.5. The Morgan fingerprint density at radius 3 is 2.48 bits per heavy atom. The lowest BCUT2D eigenvalue weighted by molar-refractivity contribution is 0.241. The Balaban J connectivity index is 1.98. The molecule has 1 aromatic heterocycles. The lowest BCUT2D eigenvalue weighted by Gasteiger charge is -2.20. The number of hydrogen-bond acceptors (Lipinski definition) is 3. The molecule has 0 saturated carbocycles. The molecule has 1 unspecified atom stereocenters. The highest BCUT2D eigenvalue weighted by atomic mass is 19.1. The van der Waals surface area contributed by atoms with E-state index >= 15 is 0 Å². The van der Waals surface area contributed by atoms with E-state index in [2.05, 4.69) is 19.2 Å². The number of halogens is 1. The Labute approximate surface area is 124 Å². The molecule has 21 heavy (non-hydrogen) atoms. The number of rotatable bonds is 7. The van der Waals surface area contributed by atoms with Crippen molar-refractivity contribution >= 4 is 0 Å². The predicted molar refractivity (Wildman–Crippen MR) is 81.3 cm³/mol. The first-order chi connectivity index (χ1) is 10.1. The van der Waals surface area contributed by atoms with Crippen molar-refractivity contribution in [2.45, 2.75) is 32.9 Å². The predicted octanol–water partition coefficient (Wildman–Crippen LogP) is 3.58. The van der Waals surface area contributed by atoms with Crippen molar-refractivity contribution in [3.8, 4) is 11.3 Å². The summed E-state index contributed by atoms with van der Waals surface area (Å²) in [6.07, 6.45) is 0.725. The molecule has 0 fully saturated rings. The summed E-state index contributed by atoms with van der Waals surface area (Å²) < 4.78 is 18.7. The Morgan fingerprint density at radius 2 is 1.86 bits per heavy atom. The Bertz CT molecular complexity index is 548. The summed E-state index contributed by atoms with van der Waals surface area (Å²) in [5.41, 5.74) is 0.860. The molecule has 0 amide bonds. The van der Waals surface area contributed by atoms with Crippen LogP contribution in [0, 0.1) is 11.7 Å². The molecule has 0 bridgehead atoms. The fourth-order valence-corrected chi connectivity index (χ4v) is 2.28. The van der Waals surface area contributed by atoms with Crippen LogP contribution in [-0.2, 0) is 6.54 Å². The minimum absolute atomic E-state index is 0.175. The molecule has 0 aliphatic carbocycles. The van der Waals surface area contributed by atoms with Crippen LogP contribution in [0.2, 0.25) is 0 Å². The zero-order valence-electron chi connectivity index (χ0n) is 12.5. The van der Waals surface area contributed by atoms with Crippen LogP contribution in [0.4, 0.5) is 4.39 Å². The van der Waals surface area contributed by atoms with Crippen LogP contribution in [0.3, 0.4) is 0 Å². The van der Waals surface area contributed by atoms with E-state index in [1.54, 1.807) is 12.1 Å². The van der Waals surface area contributed by atoms with Gasteiger partial charge in [0.2, 0.25) is 0 Å². The zero-order chi connectivity index (χ0) is 15.2. The summed E-state index contributed by atoms with van der Waals surface area (Å²) in [7, 11) is 0. The third-order valence-electron chi connectivity index (χ3n) is 3.57. The van der Waals surface area contributed by atoms with Gasteiger partial charge in [-0.3, -0.25) is 0 Å². The molecule has 1 aromatic carbocycles. The topological polar surface area (TPSA) is 45.4 Å².